The van der Waals surface area contributed by atoms with Gasteiger partial charge < -0.3 is 24.4 Å². The third kappa shape index (κ3) is 9.52. The Morgan fingerprint density at radius 3 is 2.52 bits per heavy atom. The quantitative estimate of drug-likeness (QED) is 0.525. The van der Waals surface area contributed by atoms with E-state index in [0.29, 0.717) is 83.6 Å². The molecule has 232 valence electrons. The fourth-order valence-electron chi connectivity index (χ4n) is 5.80. The molecule has 1 N–H and O–H groups in total. The minimum Gasteiger partial charge on any atom is -0.494 e. The van der Waals surface area contributed by atoms with E-state index in [0.717, 1.165) is 18.7 Å². The second kappa shape index (κ2) is 15.0. The number of hydrogen-bond donors (Lipinski definition) is 1. The van der Waals surface area contributed by atoms with Gasteiger partial charge in [-0.05, 0) is 77.1 Å². The Labute approximate surface area is 249 Å². The molecule has 42 heavy (non-hydrogen) atoms. The molecule has 0 aliphatic carbocycles. The van der Waals surface area contributed by atoms with Gasteiger partial charge in [0.25, 0.3) is 0 Å². The number of hydrogen-bond acceptors (Lipinski definition) is 8. The number of Topliss-reactive ketones (excluding diaryl/α,β-unsaturated/α-hetero) is 1. The second-order valence-corrected chi connectivity index (χ2v) is 12.6. The zero-order valence-electron chi connectivity index (χ0n) is 25.4. The average molecular weight is 586 g/mol. The fraction of sp³-hybridized carbons (Fsp3) is 0.688. The molecule has 1 aromatic carbocycles. The van der Waals surface area contributed by atoms with Crippen LogP contribution in [0.15, 0.2) is 24.3 Å². The molecule has 0 aromatic heterocycles. The molecule has 10 nitrogen and oxygen atoms in total. The summed E-state index contributed by atoms with van der Waals surface area (Å²) in [6, 6.07) is 6.17. The molecule has 2 fully saturated rings. The van der Waals surface area contributed by atoms with E-state index in [1.807, 2.05) is 24.3 Å². The predicted octanol–water partition coefficient (Wildman–Crippen LogP) is 2.91. The van der Waals surface area contributed by atoms with Crippen molar-refractivity contribution in [2.24, 2.45) is 5.92 Å². The zero-order chi connectivity index (χ0) is 30.1. The van der Waals surface area contributed by atoms with Crippen molar-refractivity contribution in [1.29, 1.82) is 0 Å². The summed E-state index contributed by atoms with van der Waals surface area (Å²) < 4.78 is 17.1. The van der Waals surface area contributed by atoms with Crippen LogP contribution in [0.1, 0.15) is 71.3 Å². The first kappa shape index (κ1) is 31.9. The molecule has 3 aliphatic rings. The fourth-order valence-corrected chi connectivity index (χ4v) is 5.80. The number of ketones is 1. The van der Waals surface area contributed by atoms with Gasteiger partial charge >= 0.3 is 5.97 Å². The van der Waals surface area contributed by atoms with Crippen LogP contribution in [-0.2, 0) is 35.1 Å². The molecule has 1 aromatic rings. The lowest BCUT2D eigenvalue weighted by atomic mass is 9.90. The van der Waals surface area contributed by atoms with Gasteiger partial charge in [0.15, 0.2) is 5.78 Å². The molecule has 2 bridgehead atoms. The second-order valence-electron chi connectivity index (χ2n) is 12.6. The van der Waals surface area contributed by atoms with Gasteiger partial charge in [-0.15, -0.1) is 0 Å². The highest BCUT2D eigenvalue weighted by atomic mass is 16.6. The van der Waals surface area contributed by atoms with Gasteiger partial charge in [-0.2, -0.15) is 0 Å². The van der Waals surface area contributed by atoms with Crippen LogP contribution < -0.4 is 10.1 Å². The van der Waals surface area contributed by atoms with Gasteiger partial charge in [-0.1, -0.05) is 12.1 Å². The number of nitrogens with zero attached hydrogens (tertiary/aromatic N) is 2. The molecule has 0 radical (unpaired) electrons. The Morgan fingerprint density at radius 1 is 1.02 bits per heavy atom. The van der Waals surface area contributed by atoms with Crippen LogP contribution in [-0.4, -0.2) is 97.1 Å². The molecule has 3 atom stereocenters. The van der Waals surface area contributed by atoms with Gasteiger partial charge in [-0.25, -0.2) is 4.79 Å². The Morgan fingerprint density at radius 2 is 1.81 bits per heavy atom. The van der Waals surface area contributed by atoms with E-state index < -0.39 is 29.6 Å². The number of carbonyl (C=O) groups is 4. The summed E-state index contributed by atoms with van der Waals surface area (Å²) in [5.41, 5.74) is 0.212. The molecule has 2 amide bonds. The molecule has 2 saturated heterocycles. The normalized spacial score (nSPS) is 25.5. The maximum absolute atomic E-state index is 14.0. The number of ether oxygens (including phenoxy) is 3. The van der Waals surface area contributed by atoms with Crippen molar-refractivity contribution < 1.29 is 33.4 Å². The van der Waals surface area contributed by atoms with Crippen molar-refractivity contribution in [3.63, 3.8) is 0 Å². The largest absolute Gasteiger partial charge is 0.494 e. The van der Waals surface area contributed by atoms with Gasteiger partial charge in [-0.3, -0.25) is 19.3 Å². The van der Waals surface area contributed by atoms with Gasteiger partial charge in [0.1, 0.15) is 17.4 Å². The number of esters is 1. The maximum atomic E-state index is 14.0. The molecular formula is C32H47N3O7. The molecule has 4 rings (SSSR count). The highest BCUT2D eigenvalue weighted by Crippen LogP contribution is 2.24. The van der Waals surface area contributed by atoms with Crippen molar-refractivity contribution in [1.82, 2.24) is 15.1 Å². The highest BCUT2D eigenvalue weighted by molar-refractivity contribution is 5.94. The summed E-state index contributed by atoms with van der Waals surface area (Å²) in [6.45, 7) is 9.83. The van der Waals surface area contributed by atoms with E-state index in [1.165, 1.54) is 0 Å². The lowest BCUT2D eigenvalue weighted by molar-refractivity contribution is -0.159. The number of amides is 2. The lowest BCUT2D eigenvalue weighted by Crippen LogP contribution is -2.49. The number of morpholine rings is 1. The zero-order valence-corrected chi connectivity index (χ0v) is 25.4. The topological polar surface area (TPSA) is 114 Å². The molecule has 10 heteroatoms. The summed E-state index contributed by atoms with van der Waals surface area (Å²) in [5, 5.41) is 2.95. The lowest BCUT2D eigenvalue weighted by Gasteiger charge is -2.31. The van der Waals surface area contributed by atoms with E-state index in [2.05, 4.69) is 10.2 Å². The Balaban J connectivity index is 1.61. The Bertz CT molecular complexity index is 1100. The predicted molar refractivity (Wildman–Crippen MR) is 157 cm³/mol. The Hall–Kier alpha value is -2.98. The third-order valence-corrected chi connectivity index (χ3v) is 8.06. The van der Waals surface area contributed by atoms with E-state index in [9.17, 15) is 19.2 Å². The van der Waals surface area contributed by atoms with E-state index in [1.54, 1.807) is 25.7 Å². The summed E-state index contributed by atoms with van der Waals surface area (Å²) in [6.07, 6.45) is 3.70. The number of benzene rings is 1. The number of rotatable bonds is 5. The van der Waals surface area contributed by atoms with Gasteiger partial charge in [0.05, 0.1) is 25.9 Å². The first-order valence-corrected chi connectivity index (χ1v) is 15.5. The Kier molecular flexibility index (Phi) is 11.4. The SMILES string of the molecule is CC(C)(C)OC(=O)[C@@H]1CCCCOc2cccc(c2)C[C@H](N2CCCC2=O)C(=O)C[C@@H](CCN2CCOCC2)C(=O)N1. The van der Waals surface area contributed by atoms with Gasteiger partial charge in [0, 0.05) is 44.8 Å². The van der Waals surface area contributed by atoms with E-state index in [4.69, 9.17) is 14.2 Å². The standard InChI is InChI=1S/C32H47N3O7/c1-32(2,3)42-31(39)26-10-4-5-17-41-25-9-6-8-23(20-25)21-27(35-13-7-11-29(35)37)28(36)22-24(30(38)33-26)12-14-34-15-18-40-19-16-34/h6,8-9,20,24,26-27H,4-5,7,10-19,21-22H2,1-3H3,(H,33,38)/t24-,26+,27+/m1/s1. The monoisotopic (exact) mass is 585 g/mol. The minimum absolute atomic E-state index is 0.0121. The van der Waals surface area contributed by atoms with Crippen LogP contribution in [0.3, 0.4) is 0 Å². The molecule has 0 unspecified atom stereocenters. The highest BCUT2D eigenvalue weighted by Gasteiger charge is 2.36. The van der Waals surface area contributed by atoms with Crippen LogP contribution in [0.4, 0.5) is 0 Å². The number of likely N-dealkylation sites (tertiary alicyclic amines) is 1. The molecule has 3 aliphatic heterocycles. The van der Waals surface area contributed by atoms with Crippen LogP contribution in [0.5, 0.6) is 5.75 Å². The van der Waals surface area contributed by atoms with Crippen molar-refractivity contribution in [3.05, 3.63) is 29.8 Å². The van der Waals surface area contributed by atoms with Crippen LogP contribution in [0, 0.1) is 5.92 Å². The molecule has 0 saturated carbocycles. The summed E-state index contributed by atoms with van der Waals surface area (Å²) in [7, 11) is 0. The summed E-state index contributed by atoms with van der Waals surface area (Å²) in [4.78, 5) is 57.7. The average Bonchev–Trinajstić information content (AvgIpc) is 3.37. The van der Waals surface area contributed by atoms with Crippen LogP contribution in [0.25, 0.3) is 0 Å². The van der Waals surface area contributed by atoms with E-state index in [-0.39, 0.29) is 24.0 Å². The number of fused-ring (bicyclic) bond motifs is 2. The van der Waals surface area contributed by atoms with Crippen molar-refractivity contribution in [2.75, 3.05) is 46.0 Å². The van der Waals surface area contributed by atoms with Crippen molar-refractivity contribution >= 4 is 23.6 Å². The van der Waals surface area contributed by atoms with E-state index >= 15 is 0 Å². The first-order valence-electron chi connectivity index (χ1n) is 15.5. The molecule has 3 heterocycles. The van der Waals surface area contributed by atoms with Crippen LogP contribution >= 0.6 is 0 Å². The smallest absolute Gasteiger partial charge is 0.329 e. The molecule has 0 spiro atoms. The summed E-state index contributed by atoms with van der Waals surface area (Å²) in [5.74, 6) is -0.922. The summed E-state index contributed by atoms with van der Waals surface area (Å²) >= 11 is 0. The van der Waals surface area contributed by atoms with Crippen molar-refractivity contribution in [3.8, 4) is 5.75 Å². The third-order valence-electron chi connectivity index (χ3n) is 8.06. The number of carbonyl (C=O) groups excluding carboxylic acids is 4. The van der Waals surface area contributed by atoms with Crippen LogP contribution in [0.2, 0.25) is 0 Å². The first-order chi connectivity index (χ1) is 20.1. The maximum Gasteiger partial charge on any atom is 0.329 e. The van der Waals surface area contributed by atoms with Crippen molar-refractivity contribution in [2.45, 2.75) is 89.8 Å². The molecular weight excluding hydrogens is 538 g/mol. The minimum atomic E-state index is -0.829. The number of nitrogens with one attached hydrogen (secondary N) is 1. The van der Waals surface area contributed by atoms with Gasteiger partial charge in [0.2, 0.25) is 11.8 Å².